The number of amides is 2. The Morgan fingerprint density at radius 1 is 1.00 bits per heavy atom. The summed E-state index contributed by atoms with van der Waals surface area (Å²) >= 11 is 0. The number of aromatic nitrogens is 1. The first-order chi connectivity index (χ1) is 13.6. The largest absolute Gasteiger partial charge is 0.489 e. The van der Waals surface area contributed by atoms with E-state index in [0.29, 0.717) is 19.1 Å². The molecule has 5 nitrogen and oxygen atoms in total. The van der Waals surface area contributed by atoms with Gasteiger partial charge >= 0.3 is 6.03 Å². The molecular formula is C23H25N3O2. The zero-order valence-electron chi connectivity index (χ0n) is 16.2. The van der Waals surface area contributed by atoms with E-state index in [9.17, 15) is 4.79 Å². The standard InChI is InChI=1S/C23H25N3O2/c1-17(2)20-7-9-21(10-8-20)26-23(27)25-15-18-5-11-22(12-6-18)28-16-19-4-3-13-24-14-19/h3-14,17H,15-16H2,1-2H3,(H2,25,26,27). The molecule has 0 radical (unpaired) electrons. The number of pyridine rings is 1. The smallest absolute Gasteiger partial charge is 0.319 e. The highest BCUT2D eigenvalue weighted by Gasteiger charge is 2.04. The Labute approximate surface area is 165 Å². The van der Waals surface area contributed by atoms with Crippen molar-refractivity contribution in [3.8, 4) is 5.75 Å². The lowest BCUT2D eigenvalue weighted by Crippen LogP contribution is -2.28. The Morgan fingerprint density at radius 2 is 1.75 bits per heavy atom. The number of rotatable bonds is 7. The normalized spacial score (nSPS) is 10.5. The quantitative estimate of drug-likeness (QED) is 0.603. The summed E-state index contributed by atoms with van der Waals surface area (Å²) in [5, 5.41) is 5.71. The summed E-state index contributed by atoms with van der Waals surface area (Å²) < 4.78 is 5.74. The summed E-state index contributed by atoms with van der Waals surface area (Å²) in [7, 11) is 0. The lowest BCUT2D eigenvalue weighted by Gasteiger charge is -2.10. The molecule has 2 amide bonds. The lowest BCUT2D eigenvalue weighted by atomic mass is 10.0. The highest BCUT2D eigenvalue weighted by molar-refractivity contribution is 5.89. The number of ether oxygens (including phenoxy) is 1. The van der Waals surface area contributed by atoms with Crippen molar-refractivity contribution >= 4 is 11.7 Å². The van der Waals surface area contributed by atoms with Crippen LogP contribution in [0.3, 0.4) is 0 Å². The van der Waals surface area contributed by atoms with Gasteiger partial charge in [0, 0.05) is 30.2 Å². The molecule has 0 aliphatic rings. The molecule has 144 valence electrons. The summed E-state index contributed by atoms with van der Waals surface area (Å²) in [6.45, 7) is 5.21. The zero-order valence-corrected chi connectivity index (χ0v) is 16.2. The molecule has 0 spiro atoms. The Kier molecular flexibility index (Phi) is 6.63. The molecule has 1 heterocycles. The average Bonchev–Trinajstić information content (AvgIpc) is 2.72. The molecule has 0 unspecified atom stereocenters. The third kappa shape index (κ3) is 5.84. The van der Waals surface area contributed by atoms with Crippen LogP contribution in [0.1, 0.15) is 36.5 Å². The van der Waals surface area contributed by atoms with Crippen molar-refractivity contribution in [3.63, 3.8) is 0 Å². The predicted octanol–water partition coefficient (Wildman–Crippen LogP) is 5.11. The number of nitrogens with zero attached hydrogens (tertiary/aromatic N) is 1. The van der Waals surface area contributed by atoms with E-state index >= 15 is 0 Å². The number of hydrogen-bond acceptors (Lipinski definition) is 3. The molecule has 3 aromatic rings. The van der Waals surface area contributed by atoms with Crippen LogP contribution < -0.4 is 15.4 Å². The number of carbonyl (C=O) groups is 1. The minimum atomic E-state index is -0.228. The molecule has 2 aromatic carbocycles. The highest BCUT2D eigenvalue weighted by Crippen LogP contribution is 2.17. The van der Waals surface area contributed by atoms with Gasteiger partial charge in [-0.3, -0.25) is 4.98 Å². The second-order valence-electron chi connectivity index (χ2n) is 6.88. The van der Waals surface area contributed by atoms with E-state index in [1.54, 1.807) is 12.4 Å². The number of hydrogen-bond donors (Lipinski definition) is 2. The van der Waals surface area contributed by atoms with Gasteiger partial charge in [-0.25, -0.2) is 4.79 Å². The summed E-state index contributed by atoms with van der Waals surface area (Å²) in [6.07, 6.45) is 3.52. The fraction of sp³-hybridized carbons (Fsp3) is 0.217. The molecule has 0 saturated heterocycles. The Bertz CT molecular complexity index is 876. The van der Waals surface area contributed by atoms with E-state index < -0.39 is 0 Å². The molecule has 0 aliphatic heterocycles. The number of anilines is 1. The van der Waals surface area contributed by atoms with Crippen molar-refractivity contribution in [3.05, 3.63) is 89.7 Å². The van der Waals surface area contributed by atoms with Crippen molar-refractivity contribution in [2.45, 2.75) is 32.9 Å². The van der Waals surface area contributed by atoms with Crippen LogP contribution in [-0.4, -0.2) is 11.0 Å². The van der Waals surface area contributed by atoms with Crippen LogP contribution in [0.15, 0.2) is 73.1 Å². The molecule has 2 N–H and O–H groups in total. The minimum absolute atomic E-state index is 0.228. The van der Waals surface area contributed by atoms with E-state index in [1.165, 1.54) is 5.56 Å². The van der Waals surface area contributed by atoms with Gasteiger partial charge in [0.1, 0.15) is 12.4 Å². The summed E-state index contributed by atoms with van der Waals surface area (Å²) in [5.41, 5.74) is 4.04. The fourth-order valence-electron chi connectivity index (χ4n) is 2.66. The maximum atomic E-state index is 12.1. The van der Waals surface area contributed by atoms with Crippen LogP contribution in [0.2, 0.25) is 0 Å². The van der Waals surface area contributed by atoms with Crippen LogP contribution in [0, 0.1) is 0 Å². The van der Waals surface area contributed by atoms with Crippen molar-refractivity contribution in [2.75, 3.05) is 5.32 Å². The Hall–Kier alpha value is -3.34. The first kappa shape index (κ1) is 19.4. The minimum Gasteiger partial charge on any atom is -0.489 e. The number of benzene rings is 2. The molecule has 28 heavy (non-hydrogen) atoms. The van der Waals surface area contributed by atoms with E-state index in [0.717, 1.165) is 22.6 Å². The molecule has 0 aliphatic carbocycles. The number of nitrogens with one attached hydrogen (secondary N) is 2. The molecule has 1 aromatic heterocycles. The van der Waals surface area contributed by atoms with Crippen LogP contribution >= 0.6 is 0 Å². The topological polar surface area (TPSA) is 63.2 Å². The maximum Gasteiger partial charge on any atom is 0.319 e. The van der Waals surface area contributed by atoms with Crippen LogP contribution in [0.5, 0.6) is 5.75 Å². The van der Waals surface area contributed by atoms with Crippen molar-refractivity contribution < 1.29 is 9.53 Å². The van der Waals surface area contributed by atoms with E-state index in [4.69, 9.17) is 4.74 Å². The zero-order chi connectivity index (χ0) is 19.8. The first-order valence-electron chi connectivity index (χ1n) is 9.35. The van der Waals surface area contributed by atoms with Crippen molar-refractivity contribution in [1.29, 1.82) is 0 Å². The molecule has 3 rings (SSSR count). The monoisotopic (exact) mass is 375 g/mol. The maximum absolute atomic E-state index is 12.1. The molecule has 5 heteroatoms. The van der Waals surface area contributed by atoms with Gasteiger partial charge in [-0.05, 0) is 47.4 Å². The SMILES string of the molecule is CC(C)c1ccc(NC(=O)NCc2ccc(OCc3cccnc3)cc2)cc1. The van der Waals surface area contributed by atoms with E-state index in [1.807, 2.05) is 60.7 Å². The van der Waals surface area contributed by atoms with Crippen molar-refractivity contribution in [2.24, 2.45) is 0 Å². The molecule has 0 atom stereocenters. The number of urea groups is 1. The van der Waals surface area contributed by atoms with Gasteiger partial charge in [-0.2, -0.15) is 0 Å². The summed E-state index contributed by atoms with van der Waals surface area (Å²) in [4.78, 5) is 16.1. The molecule has 0 bridgehead atoms. The third-order valence-electron chi connectivity index (χ3n) is 4.34. The molecule has 0 saturated carbocycles. The van der Waals surface area contributed by atoms with Gasteiger partial charge in [0.2, 0.25) is 0 Å². The van der Waals surface area contributed by atoms with Gasteiger partial charge < -0.3 is 15.4 Å². The van der Waals surface area contributed by atoms with Gasteiger partial charge in [0.15, 0.2) is 0 Å². The first-order valence-corrected chi connectivity index (χ1v) is 9.35. The van der Waals surface area contributed by atoms with Crippen LogP contribution in [0.25, 0.3) is 0 Å². The Balaban J connectivity index is 1.44. The fourth-order valence-corrected chi connectivity index (χ4v) is 2.66. The second kappa shape index (κ2) is 9.55. The predicted molar refractivity (Wildman–Crippen MR) is 111 cm³/mol. The van der Waals surface area contributed by atoms with E-state index in [2.05, 4.69) is 29.5 Å². The van der Waals surface area contributed by atoms with Gasteiger partial charge in [0.05, 0.1) is 0 Å². The Morgan fingerprint density at radius 3 is 2.39 bits per heavy atom. The van der Waals surface area contributed by atoms with Gasteiger partial charge in [-0.15, -0.1) is 0 Å². The van der Waals surface area contributed by atoms with Gasteiger partial charge in [-0.1, -0.05) is 44.2 Å². The lowest BCUT2D eigenvalue weighted by molar-refractivity contribution is 0.251. The molecule has 0 fully saturated rings. The summed E-state index contributed by atoms with van der Waals surface area (Å²) in [6, 6.07) is 19.2. The van der Waals surface area contributed by atoms with Crippen molar-refractivity contribution in [1.82, 2.24) is 10.3 Å². The summed E-state index contributed by atoms with van der Waals surface area (Å²) in [5.74, 6) is 1.25. The second-order valence-corrected chi connectivity index (χ2v) is 6.88. The van der Waals surface area contributed by atoms with Crippen LogP contribution in [-0.2, 0) is 13.2 Å². The highest BCUT2D eigenvalue weighted by atomic mass is 16.5. The van der Waals surface area contributed by atoms with Crippen LogP contribution in [0.4, 0.5) is 10.5 Å². The number of carbonyl (C=O) groups excluding carboxylic acids is 1. The average molecular weight is 375 g/mol. The third-order valence-corrected chi connectivity index (χ3v) is 4.34. The van der Waals surface area contributed by atoms with E-state index in [-0.39, 0.29) is 6.03 Å². The molecular weight excluding hydrogens is 350 g/mol. The van der Waals surface area contributed by atoms with Gasteiger partial charge in [0.25, 0.3) is 0 Å².